The minimum absolute atomic E-state index is 0.00766. The Balaban J connectivity index is 2.49. The second-order valence-corrected chi connectivity index (χ2v) is 5.90. The summed E-state index contributed by atoms with van der Waals surface area (Å²) in [4.78, 5) is 11.6. The van der Waals surface area contributed by atoms with Gasteiger partial charge in [0.25, 0.3) is 0 Å². The Morgan fingerprint density at radius 3 is 2.50 bits per heavy atom. The molecule has 0 saturated carbocycles. The Morgan fingerprint density at radius 1 is 1.22 bits per heavy atom. The van der Waals surface area contributed by atoms with E-state index in [1.807, 2.05) is 0 Å². The van der Waals surface area contributed by atoms with Crippen LogP contribution in [0.1, 0.15) is 41.0 Å². The van der Waals surface area contributed by atoms with Crippen LogP contribution in [0.2, 0.25) is 0 Å². The third kappa shape index (κ3) is 2.37. The summed E-state index contributed by atoms with van der Waals surface area (Å²) in [5.74, 6) is 0.283. The minimum atomic E-state index is 0.00766. The van der Waals surface area contributed by atoms with Crippen molar-refractivity contribution in [3.05, 3.63) is 44.6 Å². The smallest absolute Gasteiger partial charge is 0.159 e. The molecule has 2 rings (SSSR count). The van der Waals surface area contributed by atoms with Crippen LogP contribution in [0, 0.1) is 20.8 Å². The zero-order chi connectivity index (χ0) is 13.4. The van der Waals surface area contributed by atoms with Gasteiger partial charge in [-0.15, -0.1) is 0 Å². The van der Waals surface area contributed by atoms with Crippen molar-refractivity contribution in [3.8, 4) is 0 Å². The van der Waals surface area contributed by atoms with E-state index < -0.39 is 0 Å². The number of benzene rings is 1. The van der Waals surface area contributed by atoms with Gasteiger partial charge in [-0.25, -0.2) is 0 Å². The predicted octanol–water partition coefficient (Wildman–Crippen LogP) is 4.26. The summed E-state index contributed by atoms with van der Waals surface area (Å²) in [6, 6.07) is 2.09. The molecule has 0 radical (unpaired) electrons. The van der Waals surface area contributed by atoms with Gasteiger partial charge < -0.3 is 5.11 Å². The molecule has 0 spiro atoms. The Hall–Kier alpha value is -1.09. The van der Waals surface area contributed by atoms with Gasteiger partial charge in [-0.2, -0.15) is 0 Å². The number of allylic oxidation sites excluding steroid dienone is 2. The SMILES string of the molecule is Cc1cc(Br)c(C2CC(=O)C=C(O)C2)c(C)c1C. The zero-order valence-corrected chi connectivity index (χ0v) is 12.5. The van der Waals surface area contributed by atoms with Gasteiger partial charge in [0.2, 0.25) is 0 Å². The monoisotopic (exact) mass is 308 g/mol. The molecule has 18 heavy (non-hydrogen) atoms. The minimum Gasteiger partial charge on any atom is -0.512 e. The van der Waals surface area contributed by atoms with Crippen molar-refractivity contribution in [1.82, 2.24) is 0 Å². The lowest BCUT2D eigenvalue weighted by Crippen LogP contribution is -2.15. The van der Waals surface area contributed by atoms with Crippen molar-refractivity contribution in [2.75, 3.05) is 0 Å². The number of aliphatic hydroxyl groups is 1. The van der Waals surface area contributed by atoms with Crippen LogP contribution >= 0.6 is 15.9 Å². The van der Waals surface area contributed by atoms with Crippen molar-refractivity contribution in [1.29, 1.82) is 0 Å². The predicted molar refractivity (Wildman–Crippen MR) is 76.0 cm³/mol. The highest BCUT2D eigenvalue weighted by Gasteiger charge is 2.25. The number of aryl methyl sites for hydroxylation is 1. The Kier molecular flexibility index (Phi) is 3.62. The molecule has 3 heteroatoms. The summed E-state index contributed by atoms with van der Waals surface area (Å²) in [5, 5.41) is 9.64. The van der Waals surface area contributed by atoms with Gasteiger partial charge >= 0.3 is 0 Å². The van der Waals surface area contributed by atoms with E-state index in [0.29, 0.717) is 12.8 Å². The van der Waals surface area contributed by atoms with Crippen molar-refractivity contribution >= 4 is 21.7 Å². The highest BCUT2D eigenvalue weighted by Crippen LogP contribution is 2.38. The van der Waals surface area contributed by atoms with Gasteiger partial charge in [0.1, 0.15) is 0 Å². The number of hydrogen-bond acceptors (Lipinski definition) is 2. The highest BCUT2D eigenvalue weighted by molar-refractivity contribution is 9.10. The van der Waals surface area contributed by atoms with Crippen molar-refractivity contribution in [2.24, 2.45) is 0 Å². The number of ketones is 1. The van der Waals surface area contributed by atoms with Crippen LogP contribution in [0.25, 0.3) is 0 Å². The Morgan fingerprint density at radius 2 is 1.89 bits per heavy atom. The van der Waals surface area contributed by atoms with E-state index in [1.165, 1.54) is 22.8 Å². The highest BCUT2D eigenvalue weighted by atomic mass is 79.9. The van der Waals surface area contributed by atoms with Gasteiger partial charge in [-0.3, -0.25) is 4.79 Å². The molecule has 2 nitrogen and oxygen atoms in total. The molecular weight excluding hydrogens is 292 g/mol. The third-order valence-electron chi connectivity index (χ3n) is 3.80. The molecule has 0 heterocycles. The van der Waals surface area contributed by atoms with Gasteiger partial charge in [-0.1, -0.05) is 15.9 Å². The fourth-order valence-corrected chi connectivity index (χ4v) is 3.59. The van der Waals surface area contributed by atoms with E-state index in [0.717, 1.165) is 10.0 Å². The maximum absolute atomic E-state index is 11.6. The maximum Gasteiger partial charge on any atom is 0.159 e. The summed E-state index contributed by atoms with van der Waals surface area (Å²) in [6.07, 6.45) is 2.38. The molecule has 1 N–H and O–H groups in total. The van der Waals surface area contributed by atoms with Crippen LogP contribution in [0.15, 0.2) is 22.4 Å². The lowest BCUT2D eigenvalue weighted by molar-refractivity contribution is -0.115. The number of halogens is 1. The first kappa shape index (κ1) is 13.3. The van der Waals surface area contributed by atoms with Gasteiger partial charge in [0, 0.05) is 23.4 Å². The largest absolute Gasteiger partial charge is 0.512 e. The molecule has 1 unspecified atom stereocenters. The Bertz CT molecular complexity index is 544. The topological polar surface area (TPSA) is 37.3 Å². The molecule has 0 aromatic heterocycles. The van der Waals surface area contributed by atoms with Crippen LogP contribution < -0.4 is 0 Å². The van der Waals surface area contributed by atoms with E-state index in [-0.39, 0.29) is 17.5 Å². The average Bonchev–Trinajstić information content (AvgIpc) is 2.24. The second kappa shape index (κ2) is 4.88. The first-order valence-corrected chi connectivity index (χ1v) is 6.88. The fraction of sp³-hybridized carbons (Fsp3) is 0.400. The zero-order valence-electron chi connectivity index (χ0n) is 10.9. The number of hydrogen-bond donors (Lipinski definition) is 1. The lowest BCUT2D eigenvalue weighted by Gasteiger charge is -2.24. The van der Waals surface area contributed by atoms with Crippen LogP contribution in [-0.4, -0.2) is 10.9 Å². The quantitative estimate of drug-likeness (QED) is 0.841. The molecular formula is C15H17BrO2. The molecule has 1 atom stereocenters. The van der Waals surface area contributed by atoms with Crippen LogP contribution in [-0.2, 0) is 4.79 Å². The molecule has 0 aliphatic heterocycles. The van der Waals surface area contributed by atoms with Crippen molar-refractivity contribution < 1.29 is 9.90 Å². The first-order chi connectivity index (χ1) is 8.40. The van der Waals surface area contributed by atoms with E-state index in [1.54, 1.807) is 0 Å². The van der Waals surface area contributed by atoms with E-state index in [4.69, 9.17) is 0 Å². The standard InChI is InChI=1S/C15H17BrO2/c1-8-4-14(16)15(10(3)9(8)2)11-5-12(17)7-13(18)6-11/h4,7,11,17H,5-6H2,1-3H3. The van der Waals surface area contributed by atoms with Gasteiger partial charge in [-0.05, 0) is 55.0 Å². The van der Waals surface area contributed by atoms with E-state index in [2.05, 4.69) is 42.8 Å². The molecule has 0 fully saturated rings. The second-order valence-electron chi connectivity index (χ2n) is 5.05. The average molecular weight is 309 g/mol. The number of carbonyl (C=O) groups excluding carboxylic acids is 1. The van der Waals surface area contributed by atoms with E-state index in [9.17, 15) is 9.90 Å². The lowest BCUT2D eigenvalue weighted by atomic mass is 9.82. The summed E-state index contributed by atoms with van der Waals surface area (Å²) >= 11 is 3.60. The molecule has 0 amide bonds. The molecule has 0 bridgehead atoms. The van der Waals surface area contributed by atoms with Crippen LogP contribution in [0.3, 0.4) is 0 Å². The van der Waals surface area contributed by atoms with Crippen molar-refractivity contribution in [2.45, 2.75) is 39.5 Å². The normalized spacial score (nSPS) is 19.9. The maximum atomic E-state index is 11.6. The molecule has 0 saturated heterocycles. The summed E-state index contributed by atoms with van der Waals surface area (Å²) in [6.45, 7) is 6.27. The fourth-order valence-electron chi connectivity index (χ4n) is 2.63. The molecule has 1 aromatic rings. The Labute approximate surface area is 116 Å². The summed E-state index contributed by atoms with van der Waals surface area (Å²) < 4.78 is 1.04. The number of carbonyl (C=O) groups is 1. The van der Waals surface area contributed by atoms with Crippen molar-refractivity contribution in [3.63, 3.8) is 0 Å². The molecule has 1 aliphatic rings. The molecule has 1 aromatic carbocycles. The van der Waals surface area contributed by atoms with Gasteiger partial charge in [0.15, 0.2) is 5.78 Å². The first-order valence-electron chi connectivity index (χ1n) is 6.08. The van der Waals surface area contributed by atoms with Crippen LogP contribution in [0.4, 0.5) is 0 Å². The van der Waals surface area contributed by atoms with Crippen LogP contribution in [0.5, 0.6) is 0 Å². The summed E-state index contributed by atoms with van der Waals surface area (Å²) in [7, 11) is 0. The number of aliphatic hydroxyl groups excluding tert-OH is 1. The van der Waals surface area contributed by atoms with E-state index >= 15 is 0 Å². The molecule has 96 valence electrons. The summed E-state index contributed by atoms with van der Waals surface area (Å²) in [5.41, 5.74) is 4.88. The molecule has 1 aliphatic carbocycles. The number of rotatable bonds is 1. The van der Waals surface area contributed by atoms with Gasteiger partial charge in [0.05, 0.1) is 5.76 Å². The third-order valence-corrected chi connectivity index (χ3v) is 4.45.